The Hall–Kier alpha value is -1.35. The van der Waals surface area contributed by atoms with Crippen molar-refractivity contribution in [2.24, 2.45) is 0 Å². The van der Waals surface area contributed by atoms with E-state index >= 15 is 0 Å². The van der Waals surface area contributed by atoms with E-state index in [9.17, 15) is 4.79 Å². The first-order valence-electron chi connectivity index (χ1n) is 4.78. The molecule has 1 atom stereocenters. The molecule has 1 rings (SSSR count). The minimum absolute atomic E-state index is 0.566. The Morgan fingerprint density at radius 2 is 1.87 bits per heavy atom. The largest absolute Gasteiger partial charge is 0.497 e. The number of ether oxygens (including phenoxy) is 2. The van der Waals surface area contributed by atoms with Gasteiger partial charge in [0.05, 0.1) is 7.11 Å². The lowest BCUT2D eigenvalue weighted by Crippen LogP contribution is -2.31. The van der Waals surface area contributed by atoms with Gasteiger partial charge in [-0.15, -0.1) is 0 Å². The average Bonchev–Trinajstić information content (AvgIpc) is 2.30. The molecule has 0 spiro atoms. The molecule has 0 amide bonds. The van der Waals surface area contributed by atoms with Crippen LogP contribution in [-0.2, 0) is 16.0 Å². The zero-order chi connectivity index (χ0) is 11.3. The zero-order valence-electron chi connectivity index (χ0n) is 9.32. The Balaban J connectivity index is 2.76. The zero-order valence-corrected chi connectivity index (χ0v) is 9.32. The molecule has 3 nitrogen and oxygen atoms in total. The summed E-state index contributed by atoms with van der Waals surface area (Å²) in [7, 11) is 3.16. The second kappa shape index (κ2) is 4.94. The molecule has 0 bridgehead atoms. The topological polar surface area (TPSA) is 35.5 Å². The highest BCUT2D eigenvalue weighted by molar-refractivity contribution is 5.62. The van der Waals surface area contributed by atoms with Crippen molar-refractivity contribution in [1.82, 2.24) is 0 Å². The van der Waals surface area contributed by atoms with Gasteiger partial charge < -0.3 is 14.3 Å². The summed E-state index contributed by atoms with van der Waals surface area (Å²) in [6, 6.07) is 7.60. The van der Waals surface area contributed by atoms with Crippen molar-refractivity contribution >= 4 is 6.29 Å². The lowest BCUT2D eigenvalue weighted by atomic mass is 9.98. The molecule has 0 saturated carbocycles. The first-order valence-corrected chi connectivity index (χ1v) is 4.78. The van der Waals surface area contributed by atoms with Crippen LogP contribution in [0.3, 0.4) is 0 Å². The van der Waals surface area contributed by atoms with Gasteiger partial charge in [-0.2, -0.15) is 0 Å². The first-order chi connectivity index (χ1) is 7.13. The van der Waals surface area contributed by atoms with E-state index in [1.54, 1.807) is 14.0 Å². The van der Waals surface area contributed by atoms with Crippen molar-refractivity contribution in [3.63, 3.8) is 0 Å². The van der Waals surface area contributed by atoms with Crippen LogP contribution in [0.1, 0.15) is 12.5 Å². The van der Waals surface area contributed by atoms with Gasteiger partial charge in [-0.3, -0.25) is 0 Å². The third-order valence-electron chi connectivity index (χ3n) is 2.43. The lowest BCUT2D eigenvalue weighted by molar-refractivity contribution is -0.125. The maximum Gasteiger partial charge on any atom is 0.151 e. The number of aldehydes is 1. The fourth-order valence-corrected chi connectivity index (χ4v) is 1.31. The summed E-state index contributed by atoms with van der Waals surface area (Å²) in [5, 5.41) is 0. The van der Waals surface area contributed by atoms with Gasteiger partial charge in [0.25, 0.3) is 0 Å². The molecule has 82 valence electrons. The smallest absolute Gasteiger partial charge is 0.151 e. The highest BCUT2D eigenvalue weighted by Crippen LogP contribution is 2.17. The predicted molar refractivity (Wildman–Crippen MR) is 58.2 cm³/mol. The normalized spacial score (nSPS) is 14.3. The molecular weight excluding hydrogens is 192 g/mol. The van der Waals surface area contributed by atoms with Crippen LogP contribution >= 0.6 is 0 Å². The van der Waals surface area contributed by atoms with Gasteiger partial charge in [-0.05, 0) is 24.6 Å². The van der Waals surface area contributed by atoms with Crippen LogP contribution in [0.5, 0.6) is 5.75 Å². The molecule has 1 aromatic carbocycles. The number of benzene rings is 1. The van der Waals surface area contributed by atoms with Crippen LogP contribution in [0.15, 0.2) is 24.3 Å². The molecule has 0 aliphatic rings. The molecule has 0 heterocycles. The minimum atomic E-state index is -0.741. The maximum atomic E-state index is 10.8. The molecule has 0 fully saturated rings. The van der Waals surface area contributed by atoms with Gasteiger partial charge in [-0.25, -0.2) is 0 Å². The van der Waals surface area contributed by atoms with E-state index in [2.05, 4.69) is 0 Å². The van der Waals surface area contributed by atoms with Crippen molar-refractivity contribution in [2.45, 2.75) is 18.9 Å². The van der Waals surface area contributed by atoms with Crippen molar-refractivity contribution in [1.29, 1.82) is 0 Å². The number of rotatable bonds is 5. The van der Waals surface area contributed by atoms with Crippen molar-refractivity contribution < 1.29 is 14.3 Å². The van der Waals surface area contributed by atoms with Crippen LogP contribution < -0.4 is 4.74 Å². The Morgan fingerprint density at radius 1 is 1.27 bits per heavy atom. The average molecular weight is 208 g/mol. The van der Waals surface area contributed by atoms with Gasteiger partial charge in [-0.1, -0.05) is 12.1 Å². The van der Waals surface area contributed by atoms with E-state index in [1.807, 2.05) is 24.3 Å². The highest BCUT2D eigenvalue weighted by Gasteiger charge is 2.22. The standard InChI is InChI=1S/C12H16O3/c1-12(9-13,15-3)8-10-4-6-11(14-2)7-5-10/h4-7,9H,8H2,1-3H3. The van der Waals surface area contributed by atoms with Crippen molar-refractivity contribution in [2.75, 3.05) is 14.2 Å². The first kappa shape index (κ1) is 11.7. The van der Waals surface area contributed by atoms with E-state index in [4.69, 9.17) is 9.47 Å². The van der Waals surface area contributed by atoms with Crippen LogP contribution in [0, 0.1) is 0 Å². The summed E-state index contributed by atoms with van der Waals surface area (Å²) >= 11 is 0. The second-order valence-corrected chi connectivity index (χ2v) is 3.66. The van der Waals surface area contributed by atoms with E-state index < -0.39 is 5.60 Å². The molecule has 0 aromatic heterocycles. The molecule has 0 N–H and O–H groups in total. The SMILES string of the molecule is COc1ccc(CC(C)(C=O)OC)cc1. The van der Waals surface area contributed by atoms with Gasteiger partial charge in [0.2, 0.25) is 0 Å². The number of hydrogen-bond donors (Lipinski definition) is 0. The summed E-state index contributed by atoms with van der Waals surface area (Å²) in [6.07, 6.45) is 1.40. The van der Waals surface area contributed by atoms with E-state index in [0.717, 1.165) is 17.6 Å². The molecule has 3 heteroatoms. The van der Waals surface area contributed by atoms with Crippen LogP contribution in [0.4, 0.5) is 0 Å². The molecule has 0 radical (unpaired) electrons. The Kier molecular flexibility index (Phi) is 3.86. The number of hydrogen-bond acceptors (Lipinski definition) is 3. The Morgan fingerprint density at radius 3 is 2.27 bits per heavy atom. The van der Waals surface area contributed by atoms with Gasteiger partial charge in [0.15, 0.2) is 6.29 Å². The lowest BCUT2D eigenvalue weighted by Gasteiger charge is -2.21. The Bertz CT molecular complexity index is 318. The molecule has 1 unspecified atom stereocenters. The van der Waals surface area contributed by atoms with Crippen LogP contribution in [0.25, 0.3) is 0 Å². The predicted octanol–water partition coefficient (Wildman–Crippen LogP) is 1.84. The molecular formula is C12H16O3. The summed E-state index contributed by atoms with van der Waals surface area (Å²) in [6.45, 7) is 1.77. The summed E-state index contributed by atoms with van der Waals surface area (Å²) in [5.74, 6) is 0.809. The highest BCUT2D eigenvalue weighted by atomic mass is 16.5. The number of carbonyl (C=O) groups excluding carboxylic acids is 1. The van der Waals surface area contributed by atoms with Gasteiger partial charge in [0.1, 0.15) is 11.4 Å². The minimum Gasteiger partial charge on any atom is -0.497 e. The van der Waals surface area contributed by atoms with E-state index in [0.29, 0.717) is 6.42 Å². The van der Waals surface area contributed by atoms with E-state index in [1.165, 1.54) is 7.11 Å². The number of carbonyl (C=O) groups is 1. The second-order valence-electron chi connectivity index (χ2n) is 3.66. The number of methoxy groups -OCH3 is 2. The fourth-order valence-electron chi connectivity index (χ4n) is 1.31. The molecule has 0 aliphatic carbocycles. The van der Waals surface area contributed by atoms with Crippen LogP contribution in [-0.4, -0.2) is 26.1 Å². The van der Waals surface area contributed by atoms with E-state index in [-0.39, 0.29) is 0 Å². The summed E-state index contributed by atoms with van der Waals surface area (Å²) in [5.41, 5.74) is 0.307. The maximum absolute atomic E-state index is 10.8. The van der Waals surface area contributed by atoms with Crippen molar-refractivity contribution in [3.8, 4) is 5.75 Å². The monoisotopic (exact) mass is 208 g/mol. The molecule has 1 aromatic rings. The van der Waals surface area contributed by atoms with Gasteiger partial charge in [0, 0.05) is 13.5 Å². The summed E-state index contributed by atoms with van der Waals surface area (Å²) in [4.78, 5) is 10.8. The molecule has 0 aliphatic heterocycles. The third-order valence-corrected chi connectivity index (χ3v) is 2.43. The summed E-state index contributed by atoms with van der Waals surface area (Å²) < 4.78 is 10.2. The molecule has 0 saturated heterocycles. The quantitative estimate of drug-likeness (QED) is 0.693. The third kappa shape index (κ3) is 3.06. The van der Waals surface area contributed by atoms with Crippen molar-refractivity contribution in [3.05, 3.63) is 29.8 Å². The Labute approximate surface area is 90.0 Å². The fraction of sp³-hybridized carbons (Fsp3) is 0.417. The van der Waals surface area contributed by atoms with Gasteiger partial charge >= 0.3 is 0 Å². The molecule has 15 heavy (non-hydrogen) atoms. The van der Waals surface area contributed by atoms with Crippen LogP contribution in [0.2, 0.25) is 0 Å².